The predicted molar refractivity (Wildman–Crippen MR) is 38.7 cm³/mol. The molecular weight excluding hydrogens is 262 g/mol. The van der Waals surface area contributed by atoms with Gasteiger partial charge in [0, 0.05) is 0 Å². The van der Waals surface area contributed by atoms with Crippen molar-refractivity contribution in [1.82, 2.24) is 0 Å². The Bertz CT molecular complexity index is 198. The molecule has 1 unspecified atom stereocenters. The van der Waals surface area contributed by atoms with Gasteiger partial charge in [0.1, 0.15) is 0 Å². The molecule has 0 nitrogen and oxygen atoms in total. The maximum absolute atomic E-state index is 13.5. The van der Waals surface area contributed by atoms with Crippen LogP contribution in [0, 0.1) is 0 Å². The Kier molecular flexibility index (Phi) is 1.75. The van der Waals surface area contributed by atoms with E-state index in [4.69, 9.17) is 0 Å². The number of rotatable bonds is 0. The Morgan fingerprint density at radius 3 is 3.10 bits per heavy atom. The van der Waals surface area contributed by atoms with E-state index in [9.17, 15) is 4.39 Å². The molecular formula is C7H9FIS-. The van der Waals surface area contributed by atoms with E-state index < -0.39 is 5.67 Å². The van der Waals surface area contributed by atoms with Gasteiger partial charge in [0.2, 0.25) is 0 Å². The van der Waals surface area contributed by atoms with Gasteiger partial charge in [0.15, 0.2) is 0 Å². The molecule has 0 radical (unpaired) electrons. The second kappa shape index (κ2) is 2.37. The van der Waals surface area contributed by atoms with Crippen molar-refractivity contribution in [2.75, 3.05) is 14.6 Å². The van der Waals surface area contributed by atoms with E-state index in [0.717, 1.165) is 10.0 Å². The fraction of sp³-hybridized carbons (Fsp3) is 0.714. The zero-order valence-electron chi connectivity index (χ0n) is 5.79. The van der Waals surface area contributed by atoms with Gasteiger partial charge in [-0.05, 0) is 0 Å². The molecule has 2 aliphatic rings. The molecule has 0 fully saturated rings. The van der Waals surface area contributed by atoms with E-state index in [2.05, 4.69) is 0 Å². The van der Waals surface area contributed by atoms with Crippen LogP contribution in [0.15, 0.2) is 10.5 Å². The normalized spacial score (nSPS) is 39.8. The first-order chi connectivity index (χ1) is 4.70. The predicted octanol–water partition coefficient (Wildman–Crippen LogP) is -1.18. The molecule has 0 N–H and O–H groups in total. The van der Waals surface area contributed by atoms with Gasteiger partial charge in [-0.1, -0.05) is 0 Å². The van der Waals surface area contributed by atoms with Crippen LogP contribution in [0.3, 0.4) is 0 Å². The van der Waals surface area contributed by atoms with Crippen LogP contribution in [0.5, 0.6) is 0 Å². The Morgan fingerprint density at radius 2 is 2.40 bits per heavy atom. The van der Waals surface area contributed by atoms with Gasteiger partial charge in [-0.2, -0.15) is 0 Å². The fourth-order valence-electron chi connectivity index (χ4n) is 1.25. The number of allylic oxidation sites excluding steroid dienone is 2. The molecule has 0 aromatic rings. The van der Waals surface area contributed by atoms with Gasteiger partial charge >= 0.3 is 75.0 Å². The van der Waals surface area contributed by atoms with Crippen LogP contribution in [0.4, 0.5) is 4.39 Å². The van der Waals surface area contributed by atoms with E-state index in [-0.39, 0.29) is 0 Å². The number of hydrogen-bond acceptors (Lipinski definition) is 1. The number of alkyl halides is 3. The van der Waals surface area contributed by atoms with Gasteiger partial charge in [-0.15, -0.1) is 0 Å². The third-order valence-corrected chi connectivity index (χ3v) is 6.47. The Balaban J connectivity index is 2.32. The molecule has 2 rings (SSSR count). The first-order valence-corrected chi connectivity index (χ1v) is 7.31. The quantitative estimate of drug-likeness (QED) is 0.395. The van der Waals surface area contributed by atoms with Crippen LogP contribution >= 0.6 is 11.8 Å². The van der Waals surface area contributed by atoms with Gasteiger partial charge in [0.05, 0.1) is 0 Å². The SMILES string of the molecule is CC1(F)CSC2=C1C[I-]C2. The molecule has 1 atom stereocenters. The van der Waals surface area contributed by atoms with E-state index in [1.54, 1.807) is 18.7 Å². The summed E-state index contributed by atoms with van der Waals surface area (Å²) in [7, 11) is 0. The Labute approximate surface area is 74.9 Å². The Morgan fingerprint density at radius 1 is 1.60 bits per heavy atom. The maximum atomic E-state index is 13.5. The van der Waals surface area contributed by atoms with Crippen molar-refractivity contribution in [2.45, 2.75) is 12.6 Å². The minimum absolute atomic E-state index is 0.312. The molecule has 0 amide bonds. The van der Waals surface area contributed by atoms with Gasteiger partial charge in [-0.3, -0.25) is 0 Å². The van der Waals surface area contributed by atoms with E-state index in [0.29, 0.717) is 27.0 Å². The zero-order chi connectivity index (χ0) is 7.19. The van der Waals surface area contributed by atoms with Crippen molar-refractivity contribution in [3.63, 3.8) is 0 Å². The molecule has 0 aliphatic carbocycles. The molecule has 3 heteroatoms. The molecule has 0 aromatic heterocycles. The van der Waals surface area contributed by atoms with E-state index in [1.165, 1.54) is 9.33 Å². The summed E-state index contributed by atoms with van der Waals surface area (Å²) in [4.78, 5) is 1.40. The molecule has 0 saturated heterocycles. The summed E-state index contributed by atoms with van der Waals surface area (Å²) in [5, 5.41) is 0. The minimum atomic E-state index is -0.934. The van der Waals surface area contributed by atoms with Crippen LogP contribution < -0.4 is 21.2 Å². The van der Waals surface area contributed by atoms with Crippen molar-refractivity contribution < 1.29 is 25.6 Å². The summed E-state index contributed by atoms with van der Waals surface area (Å²) in [5.41, 5.74) is 0.223. The van der Waals surface area contributed by atoms with Gasteiger partial charge in [-0.25, -0.2) is 0 Å². The summed E-state index contributed by atoms with van der Waals surface area (Å²) in [6.07, 6.45) is 0. The summed E-state index contributed by atoms with van der Waals surface area (Å²) < 4.78 is 15.9. The van der Waals surface area contributed by atoms with Crippen molar-refractivity contribution in [3.8, 4) is 0 Å². The fourth-order valence-corrected chi connectivity index (χ4v) is 6.86. The second-order valence-corrected chi connectivity index (χ2v) is 6.52. The standard InChI is InChI=1S/C7H9FIS/c1-7(8)4-10-6-3-9-2-5(6)7/h2-4H2,1H3/q-1. The van der Waals surface area contributed by atoms with Crippen molar-refractivity contribution in [3.05, 3.63) is 10.5 Å². The monoisotopic (exact) mass is 271 g/mol. The van der Waals surface area contributed by atoms with E-state index in [1.807, 2.05) is 0 Å². The van der Waals surface area contributed by atoms with Gasteiger partial charge in [0.25, 0.3) is 0 Å². The van der Waals surface area contributed by atoms with Crippen LogP contribution in [0.25, 0.3) is 0 Å². The summed E-state index contributed by atoms with van der Waals surface area (Å²) in [6.45, 7) is 1.73. The average molecular weight is 271 g/mol. The zero-order valence-corrected chi connectivity index (χ0v) is 8.76. The van der Waals surface area contributed by atoms with Crippen molar-refractivity contribution in [2.24, 2.45) is 0 Å². The van der Waals surface area contributed by atoms with Crippen LogP contribution in [0.1, 0.15) is 6.92 Å². The summed E-state index contributed by atoms with van der Waals surface area (Å²) in [5.74, 6) is 0.682. The molecule has 0 bridgehead atoms. The first kappa shape index (κ1) is 7.40. The molecule has 58 valence electrons. The molecule has 2 aliphatic heterocycles. The third-order valence-electron chi connectivity index (χ3n) is 1.93. The van der Waals surface area contributed by atoms with Crippen LogP contribution in [-0.4, -0.2) is 20.3 Å². The molecule has 0 saturated carbocycles. The third kappa shape index (κ3) is 1.02. The molecule has 2 heterocycles. The molecule has 0 spiro atoms. The molecule has 10 heavy (non-hydrogen) atoms. The topological polar surface area (TPSA) is 0 Å². The Hall–Kier alpha value is 0.750. The van der Waals surface area contributed by atoms with E-state index >= 15 is 0 Å². The first-order valence-electron chi connectivity index (χ1n) is 3.28. The number of hydrogen-bond donors (Lipinski definition) is 0. The van der Waals surface area contributed by atoms with Gasteiger partial charge < -0.3 is 0 Å². The van der Waals surface area contributed by atoms with Crippen LogP contribution in [0.2, 0.25) is 0 Å². The second-order valence-electron chi connectivity index (χ2n) is 2.84. The number of thioether (sulfide) groups is 1. The summed E-state index contributed by atoms with van der Waals surface area (Å²) >= 11 is 2.06. The summed E-state index contributed by atoms with van der Waals surface area (Å²) in [6, 6.07) is 0. The number of halogens is 2. The molecule has 0 aromatic carbocycles. The average Bonchev–Trinajstić information content (AvgIpc) is 2.36. The van der Waals surface area contributed by atoms with Crippen LogP contribution in [-0.2, 0) is 0 Å². The van der Waals surface area contributed by atoms with Crippen molar-refractivity contribution >= 4 is 11.8 Å². The van der Waals surface area contributed by atoms with Crippen molar-refractivity contribution in [1.29, 1.82) is 0 Å².